The van der Waals surface area contributed by atoms with Gasteiger partial charge in [0, 0.05) is 13.1 Å². The molecule has 0 aliphatic carbocycles. The van der Waals surface area contributed by atoms with Gasteiger partial charge in [-0.25, -0.2) is 4.79 Å². The van der Waals surface area contributed by atoms with Crippen molar-refractivity contribution in [3.63, 3.8) is 0 Å². The van der Waals surface area contributed by atoms with Crippen molar-refractivity contribution in [2.75, 3.05) is 19.7 Å². The van der Waals surface area contributed by atoms with Gasteiger partial charge in [-0.05, 0) is 40.5 Å². The Bertz CT molecular complexity index is 353. The van der Waals surface area contributed by atoms with Crippen LogP contribution >= 0.6 is 12.6 Å². The number of ether oxygens (including phenoxy) is 2. The number of esters is 1. The highest BCUT2D eigenvalue weighted by Gasteiger charge is 2.42. The van der Waals surface area contributed by atoms with Gasteiger partial charge in [-0.2, -0.15) is 12.6 Å². The Balaban J connectivity index is 2.68. The van der Waals surface area contributed by atoms with Gasteiger partial charge in [-0.15, -0.1) is 0 Å². The molecule has 1 unspecified atom stereocenters. The van der Waals surface area contributed by atoms with Gasteiger partial charge in [0.05, 0.1) is 6.61 Å². The zero-order valence-corrected chi connectivity index (χ0v) is 13.0. The van der Waals surface area contributed by atoms with Crippen LogP contribution in [0.3, 0.4) is 0 Å². The fourth-order valence-corrected chi connectivity index (χ4v) is 2.34. The van der Waals surface area contributed by atoms with Gasteiger partial charge in [0.25, 0.3) is 0 Å². The number of carbonyl (C=O) groups is 2. The zero-order valence-electron chi connectivity index (χ0n) is 12.1. The fourth-order valence-electron chi connectivity index (χ4n) is 1.95. The Hall–Kier alpha value is -0.910. The average molecular weight is 289 g/mol. The molecule has 19 heavy (non-hydrogen) atoms. The van der Waals surface area contributed by atoms with Crippen molar-refractivity contribution < 1.29 is 19.1 Å². The zero-order chi connectivity index (χ0) is 14.7. The predicted octanol–water partition coefficient (Wildman–Crippen LogP) is 2.25. The SMILES string of the molecule is CCOC(=O)C1(S)CCCN(C(=O)OC(C)(C)C)C1. The molecule has 0 bridgehead atoms. The summed E-state index contributed by atoms with van der Waals surface area (Å²) < 4.78 is 9.40. The lowest BCUT2D eigenvalue weighted by atomic mass is 9.97. The second-order valence-corrected chi connectivity index (χ2v) is 6.61. The largest absolute Gasteiger partial charge is 0.465 e. The quantitative estimate of drug-likeness (QED) is 0.626. The predicted molar refractivity (Wildman–Crippen MR) is 75.4 cm³/mol. The number of likely N-dealkylation sites (tertiary alicyclic amines) is 1. The van der Waals surface area contributed by atoms with E-state index in [0.29, 0.717) is 26.0 Å². The molecule has 0 aromatic rings. The summed E-state index contributed by atoms with van der Waals surface area (Å²) in [4.78, 5) is 25.4. The summed E-state index contributed by atoms with van der Waals surface area (Å²) in [6, 6.07) is 0. The molecule has 0 saturated carbocycles. The Kier molecular flexibility index (Phi) is 5.12. The van der Waals surface area contributed by atoms with E-state index in [1.165, 1.54) is 4.90 Å². The third-order valence-corrected chi connectivity index (χ3v) is 3.33. The van der Waals surface area contributed by atoms with E-state index in [0.717, 1.165) is 0 Å². The van der Waals surface area contributed by atoms with Crippen LogP contribution < -0.4 is 0 Å². The van der Waals surface area contributed by atoms with Gasteiger partial charge in [0.1, 0.15) is 10.3 Å². The highest BCUT2D eigenvalue weighted by Crippen LogP contribution is 2.29. The lowest BCUT2D eigenvalue weighted by Crippen LogP contribution is -2.53. The first kappa shape index (κ1) is 16.1. The highest BCUT2D eigenvalue weighted by atomic mass is 32.1. The van der Waals surface area contributed by atoms with Crippen molar-refractivity contribution in [2.24, 2.45) is 0 Å². The summed E-state index contributed by atoms with van der Waals surface area (Å²) in [7, 11) is 0. The van der Waals surface area contributed by atoms with Crippen molar-refractivity contribution in [1.29, 1.82) is 0 Å². The number of nitrogens with zero attached hydrogens (tertiary/aromatic N) is 1. The first-order valence-corrected chi connectivity index (χ1v) is 7.00. The number of piperidine rings is 1. The van der Waals surface area contributed by atoms with E-state index in [1.807, 2.05) is 20.8 Å². The van der Waals surface area contributed by atoms with Gasteiger partial charge in [-0.1, -0.05) is 0 Å². The first-order chi connectivity index (χ1) is 8.68. The molecule has 110 valence electrons. The maximum absolute atomic E-state index is 12.0. The van der Waals surface area contributed by atoms with Crippen LogP contribution in [-0.4, -0.2) is 47.0 Å². The Morgan fingerprint density at radius 2 is 2.00 bits per heavy atom. The molecular weight excluding hydrogens is 266 g/mol. The Morgan fingerprint density at radius 1 is 1.37 bits per heavy atom. The molecule has 6 heteroatoms. The molecule has 1 rings (SSSR count). The number of carbonyl (C=O) groups excluding carboxylic acids is 2. The van der Waals surface area contributed by atoms with Crippen LogP contribution in [0.25, 0.3) is 0 Å². The van der Waals surface area contributed by atoms with E-state index in [1.54, 1.807) is 6.92 Å². The third-order valence-electron chi connectivity index (χ3n) is 2.78. The molecule has 1 fully saturated rings. The summed E-state index contributed by atoms with van der Waals surface area (Å²) in [5.41, 5.74) is -0.544. The maximum Gasteiger partial charge on any atom is 0.410 e. The highest BCUT2D eigenvalue weighted by molar-refractivity contribution is 7.82. The van der Waals surface area contributed by atoms with Crippen molar-refractivity contribution in [3.05, 3.63) is 0 Å². The minimum atomic E-state index is -0.925. The molecule has 1 aliphatic heterocycles. The topological polar surface area (TPSA) is 55.8 Å². The molecule has 1 saturated heterocycles. The molecule has 1 aliphatic rings. The van der Waals surface area contributed by atoms with Crippen LogP contribution in [0.4, 0.5) is 4.79 Å². The molecular formula is C13H23NO4S. The monoisotopic (exact) mass is 289 g/mol. The van der Waals surface area contributed by atoms with Crippen LogP contribution in [0.5, 0.6) is 0 Å². The molecule has 5 nitrogen and oxygen atoms in total. The van der Waals surface area contributed by atoms with Crippen LogP contribution in [0.1, 0.15) is 40.5 Å². The van der Waals surface area contributed by atoms with Crippen molar-refractivity contribution >= 4 is 24.7 Å². The molecule has 0 spiro atoms. The lowest BCUT2D eigenvalue weighted by Gasteiger charge is -2.38. The van der Waals surface area contributed by atoms with Crippen molar-refractivity contribution in [2.45, 2.75) is 50.9 Å². The molecule has 0 aromatic heterocycles. The summed E-state index contributed by atoms with van der Waals surface area (Å²) in [5, 5.41) is 0. The van der Waals surface area contributed by atoms with Gasteiger partial charge >= 0.3 is 12.1 Å². The van der Waals surface area contributed by atoms with Gasteiger partial charge < -0.3 is 14.4 Å². The van der Waals surface area contributed by atoms with E-state index >= 15 is 0 Å². The molecule has 1 heterocycles. The maximum atomic E-state index is 12.0. The van der Waals surface area contributed by atoms with Crippen molar-refractivity contribution in [1.82, 2.24) is 4.90 Å². The Morgan fingerprint density at radius 3 is 2.53 bits per heavy atom. The number of hydrogen-bond donors (Lipinski definition) is 1. The first-order valence-electron chi connectivity index (χ1n) is 6.55. The van der Waals surface area contributed by atoms with Gasteiger partial charge in [0.15, 0.2) is 0 Å². The smallest absolute Gasteiger partial charge is 0.410 e. The van der Waals surface area contributed by atoms with Gasteiger partial charge in [-0.3, -0.25) is 4.79 Å². The normalized spacial score (nSPS) is 23.9. The Labute approximate surface area is 120 Å². The number of thiol groups is 1. The minimum Gasteiger partial charge on any atom is -0.465 e. The number of amides is 1. The van der Waals surface area contributed by atoms with Crippen LogP contribution in [0.2, 0.25) is 0 Å². The standard InChI is InChI=1S/C13H23NO4S/c1-5-17-10(15)13(19)7-6-8-14(9-13)11(16)18-12(2,3)4/h19H,5-9H2,1-4H3. The van der Waals surface area contributed by atoms with E-state index in [2.05, 4.69) is 12.6 Å². The average Bonchev–Trinajstić information content (AvgIpc) is 2.27. The van der Waals surface area contributed by atoms with Crippen LogP contribution in [0, 0.1) is 0 Å². The summed E-state index contributed by atoms with van der Waals surface area (Å²) in [6.07, 6.45) is 0.908. The summed E-state index contributed by atoms with van der Waals surface area (Å²) in [5.74, 6) is -0.369. The third kappa shape index (κ3) is 4.60. The minimum absolute atomic E-state index is 0.226. The molecule has 1 amide bonds. The van der Waals surface area contributed by atoms with Crippen LogP contribution in [0.15, 0.2) is 0 Å². The summed E-state index contributed by atoms with van der Waals surface area (Å²) in [6.45, 7) is 8.31. The molecule has 0 aromatic carbocycles. The van der Waals surface area contributed by atoms with E-state index in [9.17, 15) is 9.59 Å². The van der Waals surface area contributed by atoms with E-state index < -0.39 is 16.4 Å². The molecule has 1 atom stereocenters. The second kappa shape index (κ2) is 6.03. The number of hydrogen-bond acceptors (Lipinski definition) is 5. The fraction of sp³-hybridized carbons (Fsp3) is 0.846. The van der Waals surface area contributed by atoms with E-state index in [-0.39, 0.29) is 12.5 Å². The second-order valence-electron chi connectivity index (χ2n) is 5.76. The van der Waals surface area contributed by atoms with E-state index in [4.69, 9.17) is 9.47 Å². The molecule has 0 radical (unpaired) electrons. The number of rotatable bonds is 2. The summed E-state index contributed by atoms with van der Waals surface area (Å²) >= 11 is 4.42. The van der Waals surface area contributed by atoms with Gasteiger partial charge in [0.2, 0.25) is 0 Å². The van der Waals surface area contributed by atoms with Crippen LogP contribution in [-0.2, 0) is 14.3 Å². The lowest BCUT2D eigenvalue weighted by molar-refractivity contribution is -0.147. The molecule has 0 N–H and O–H groups in total. The van der Waals surface area contributed by atoms with Crippen molar-refractivity contribution in [3.8, 4) is 0 Å².